The Labute approximate surface area is 82.5 Å². The highest BCUT2D eigenvalue weighted by Crippen LogP contribution is 2.45. The molecule has 0 aliphatic heterocycles. The lowest BCUT2D eigenvalue weighted by atomic mass is 10.1. The van der Waals surface area contributed by atoms with E-state index in [0.717, 1.165) is 12.8 Å². The van der Waals surface area contributed by atoms with Crippen molar-refractivity contribution >= 4 is 11.7 Å². The van der Waals surface area contributed by atoms with Crippen LogP contribution >= 0.6 is 0 Å². The van der Waals surface area contributed by atoms with E-state index in [1.54, 1.807) is 12.3 Å². The Kier molecular flexibility index (Phi) is 2.21. The van der Waals surface area contributed by atoms with E-state index in [2.05, 4.69) is 10.3 Å². The van der Waals surface area contributed by atoms with E-state index < -0.39 is 0 Å². The molecule has 0 spiro atoms. The monoisotopic (exact) mass is 191 g/mol. The molecule has 1 aliphatic carbocycles. The minimum atomic E-state index is -0.308. The van der Waals surface area contributed by atoms with E-state index in [9.17, 15) is 4.79 Å². The van der Waals surface area contributed by atoms with Crippen LogP contribution in [-0.4, -0.2) is 17.4 Å². The molecule has 14 heavy (non-hydrogen) atoms. The summed E-state index contributed by atoms with van der Waals surface area (Å²) in [5, 5.41) is 2.77. The lowest BCUT2D eigenvalue weighted by Crippen LogP contribution is -2.31. The summed E-state index contributed by atoms with van der Waals surface area (Å²) < 4.78 is 0. The molecule has 0 bridgehead atoms. The van der Waals surface area contributed by atoms with Crippen molar-refractivity contribution in [2.45, 2.75) is 12.8 Å². The summed E-state index contributed by atoms with van der Waals surface area (Å²) in [5.41, 5.74) is 5.23. The summed E-state index contributed by atoms with van der Waals surface area (Å²) in [5.74, 6) is 0.593. The second-order valence-corrected chi connectivity index (χ2v) is 3.65. The van der Waals surface area contributed by atoms with Crippen molar-refractivity contribution in [3.63, 3.8) is 0 Å². The number of hydrogen-bond acceptors (Lipinski definition) is 3. The summed E-state index contributed by atoms with van der Waals surface area (Å²) in [6.07, 6.45) is 3.43. The van der Waals surface area contributed by atoms with Gasteiger partial charge in [-0.1, -0.05) is 6.07 Å². The van der Waals surface area contributed by atoms with Crippen LogP contribution in [-0.2, 0) is 4.79 Å². The minimum absolute atomic E-state index is 0.00120. The van der Waals surface area contributed by atoms with E-state index in [1.807, 2.05) is 12.1 Å². The smallest absolute Gasteiger partial charge is 0.233 e. The highest BCUT2D eigenvalue weighted by molar-refractivity contribution is 5.96. The van der Waals surface area contributed by atoms with Gasteiger partial charge in [0.25, 0.3) is 0 Å². The first kappa shape index (κ1) is 9.15. The maximum atomic E-state index is 11.7. The largest absolute Gasteiger partial charge is 0.329 e. The topological polar surface area (TPSA) is 68.0 Å². The summed E-state index contributed by atoms with van der Waals surface area (Å²) in [6.45, 7) is 0.422. The van der Waals surface area contributed by atoms with Crippen LogP contribution in [0.2, 0.25) is 0 Å². The van der Waals surface area contributed by atoms with Crippen LogP contribution in [0.15, 0.2) is 24.4 Å². The SMILES string of the molecule is NCC1(C(=O)Nc2ccccn2)CC1. The fourth-order valence-corrected chi connectivity index (χ4v) is 1.36. The Morgan fingerprint density at radius 2 is 2.36 bits per heavy atom. The van der Waals surface area contributed by atoms with Crippen LogP contribution in [0, 0.1) is 5.41 Å². The Morgan fingerprint density at radius 1 is 1.57 bits per heavy atom. The molecule has 74 valence electrons. The van der Waals surface area contributed by atoms with Gasteiger partial charge in [-0.25, -0.2) is 4.98 Å². The number of nitrogens with zero attached hydrogens (tertiary/aromatic N) is 1. The van der Waals surface area contributed by atoms with Gasteiger partial charge in [0, 0.05) is 12.7 Å². The first-order valence-electron chi connectivity index (χ1n) is 4.69. The van der Waals surface area contributed by atoms with Crippen molar-refractivity contribution in [2.75, 3.05) is 11.9 Å². The molecule has 1 saturated carbocycles. The van der Waals surface area contributed by atoms with Gasteiger partial charge in [0.1, 0.15) is 5.82 Å². The molecule has 1 aliphatic rings. The molecule has 2 rings (SSSR count). The number of anilines is 1. The summed E-state index contributed by atoms with van der Waals surface area (Å²) in [4.78, 5) is 15.7. The number of amides is 1. The minimum Gasteiger partial charge on any atom is -0.329 e. The van der Waals surface area contributed by atoms with E-state index in [0.29, 0.717) is 12.4 Å². The van der Waals surface area contributed by atoms with Crippen molar-refractivity contribution < 1.29 is 4.79 Å². The third-order valence-electron chi connectivity index (χ3n) is 2.63. The summed E-state index contributed by atoms with van der Waals surface area (Å²) in [7, 11) is 0. The highest BCUT2D eigenvalue weighted by Gasteiger charge is 2.48. The molecule has 1 amide bonds. The Balaban J connectivity index is 2.02. The van der Waals surface area contributed by atoms with E-state index in [1.165, 1.54) is 0 Å². The number of carbonyl (C=O) groups excluding carboxylic acids is 1. The molecule has 4 nitrogen and oxygen atoms in total. The van der Waals surface area contributed by atoms with Crippen LogP contribution in [0.4, 0.5) is 5.82 Å². The molecule has 3 N–H and O–H groups in total. The van der Waals surface area contributed by atoms with Gasteiger partial charge in [-0.05, 0) is 25.0 Å². The number of pyridine rings is 1. The van der Waals surface area contributed by atoms with Crippen LogP contribution in [0.3, 0.4) is 0 Å². The van der Waals surface area contributed by atoms with Gasteiger partial charge in [0.05, 0.1) is 5.41 Å². The summed E-state index contributed by atoms with van der Waals surface area (Å²) in [6, 6.07) is 5.42. The zero-order valence-electron chi connectivity index (χ0n) is 7.86. The van der Waals surface area contributed by atoms with Crippen molar-refractivity contribution in [1.82, 2.24) is 4.98 Å². The molecule has 1 fully saturated rings. The molecular formula is C10H13N3O. The Hall–Kier alpha value is -1.42. The third kappa shape index (κ3) is 1.61. The molecular weight excluding hydrogens is 178 g/mol. The molecule has 0 saturated heterocycles. The molecule has 1 aromatic heterocycles. The van der Waals surface area contributed by atoms with Gasteiger partial charge in [0.15, 0.2) is 0 Å². The van der Waals surface area contributed by atoms with Crippen molar-refractivity contribution in [1.29, 1.82) is 0 Å². The zero-order valence-corrected chi connectivity index (χ0v) is 7.86. The van der Waals surface area contributed by atoms with Crippen molar-refractivity contribution in [3.05, 3.63) is 24.4 Å². The number of nitrogens with one attached hydrogen (secondary N) is 1. The second-order valence-electron chi connectivity index (χ2n) is 3.65. The van der Waals surface area contributed by atoms with Crippen LogP contribution in [0.1, 0.15) is 12.8 Å². The summed E-state index contributed by atoms with van der Waals surface area (Å²) >= 11 is 0. The van der Waals surface area contributed by atoms with Gasteiger partial charge in [0.2, 0.25) is 5.91 Å². The molecule has 0 aromatic carbocycles. The standard InChI is InChI=1S/C10H13N3O/c11-7-10(4-5-10)9(14)13-8-3-1-2-6-12-8/h1-3,6H,4-5,7,11H2,(H,12,13,14). The first-order valence-corrected chi connectivity index (χ1v) is 4.69. The molecule has 0 unspecified atom stereocenters. The normalized spacial score (nSPS) is 17.5. The first-order chi connectivity index (χ1) is 6.77. The quantitative estimate of drug-likeness (QED) is 0.741. The fourth-order valence-electron chi connectivity index (χ4n) is 1.36. The van der Waals surface area contributed by atoms with Crippen LogP contribution in [0.5, 0.6) is 0 Å². The number of rotatable bonds is 3. The molecule has 4 heteroatoms. The number of hydrogen-bond donors (Lipinski definition) is 2. The number of carbonyl (C=O) groups is 1. The molecule has 1 aromatic rings. The van der Waals surface area contributed by atoms with E-state index in [4.69, 9.17) is 5.73 Å². The maximum Gasteiger partial charge on any atom is 0.233 e. The fraction of sp³-hybridized carbons (Fsp3) is 0.400. The third-order valence-corrected chi connectivity index (χ3v) is 2.63. The van der Waals surface area contributed by atoms with Gasteiger partial charge in [-0.15, -0.1) is 0 Å². The Bertz CT molecular complexity index is 332. The zero-order chi connectivity index (χ0) is 10.0. The second kappa shape index (κ2) is 3.38. The van der Waals surface area contributed by atoms with Crippen molar-refractivity contribution in [2.24, 2.45) is 11.1 Å². The lowest BCUT2D eigenvalue weighted by Gasteiger charge is -2.11. The molecule has 0 radical (unpaired) electrons. The average Bonchev–Trinajstić information content (AvgIpc) is 3.00. The van der Waals surface area contributed by atoms with E-state index in [-0.39, 0.29) is 11.3 Å². The van der Waals surface area contributed by atoms with Gasteiger partial charge in [-0.3, -0.25) is 4.79 Å². The molecule has 0 atom stereocenters. The van der Waals surface area contributed by atoms with Gasteiger partial charge in [-0.2, -0.15) is 0 Å². The number of aromatic nitrogens is 1. The Morgan fingerprint density at radius 3 is 2.86 bits per heavy atom. The predicted octanol–water partition coefficient (Wildman–Crippen LogP) is 0.759. The number of nitrogens with two attached hydrogens (primary N) is 1. The lowest BCUT2D eigenvalue weighted by molar-refractivity contribution is -0.120. The predicted molar refractivity (Wildman–Crippen MR) is 53.6 cm³/mol. The van der Waals surface area contributed by atoms with Gasteiger partial charge >= 0.3 is 0 Å². The van der Waals surface area contributed by atoms with Crippen LogP contribution < -0.4 is 11.1 Å². The molecule has 1 heterocycles. The average molecular weight is 191 g/mol. The van der Waals surface area contributed by atoms with Crippen molar-refractivity contribution in [3.8, 4) is 0 Å². The van der Waals surface area contributed by atoms with E-state index >= 15 is 0 Å². The van der Waals surface area contributed by atoms with Gasteiger partial charge < -0.3 is 11.1 Å². The van der Waals surface area contributed by atoms with Crippen LogP contribution in [0.25, 0.3) is 0 Å². The highest BCUT2D eigenvalue weighted by atomic mass is 16.2. The maximum absolute atomic E-state index is 11.7.